The van der Waals surface area contributed by atoms with E-state index in [1.54, 1.807) is 0 Å². The maximum absolute atomic E-state index is 13.1. The molecule has 1 aromatic carbocycles. The number of rotatable bonds is 3. The molecule has 0 bridgehead atoms. The lowest BCUT2D eigenvalue weighted by atomic mass is 9.87. The van der Waals surface area contributed by atoms with E-state index in [2.05, 4.69) is 4.98 Å². The fourth-order valence-corrected chi connectivity index (χ4v) is 6.01. The average molecular weight is 403 g/mol. The van der Waals surface area contributed by atoms with Gasteiger partial charge in [-0.3, -0.25) is 0 Å². The van der Waals surface area contributed by atoms with Crippen LogP contribution in [0.4, 0.5) is 4.39 Å². The number of aromatic nitrogens is 2. The van der Waals surface area contributed by atoms with Crippen LogP contribution in [-0.2, 0) is 27.0 Å². The molecule has 2 aromatic rings. The van der Waals surface area contributed by atoms with Crippen LogP contribution < -0.4 is 0 Å². The zero-order valence-electron chi connectivity index (χ0n) is 15.5. The molecule has 2 aliphatic heterocycles. The molecule has 0 unspecified atom stereocenters. The maximum Gasteiger partial charge on any atom is 0.243 e. The number of hydrogen-bond donors (Lipinski definition) is 0. The van der Waals surface area contributed by atoms with E-state index in [1.165, 1.54) is 35.7 Å². The van der Waals surface area contributed by atoms with E-state index in [0.717, 1.165) is 42.1 Å². The third kappa shape index (κ3) is 2.86. The summed E-state index contributed by atoms with van der Waals surface area (Å²) in [5.41, 5.74) is 1.13. The van der Waals surface area contributed by atoms with Crippen LogP contribution >= 0.6 is 0 Å². The highest BCUT2D eigenvalue weighted by Gasteiger charge is 2.55. The quantitative estimate of drug-likeness (QED) is 0.788. The molecule has 0 N–H and O–H groups in total. The van der Waals surface area contributed by atoms with Gasteiger partial charge in [0.15, 0.2) is 0 Å². The van der Waals surface area contributed by atoms with Gasteiger partial charge in [-0.15, -0.1) is 0 Å². The third-order valence-electron chi connectivity index (χ3n) is 6.15. The SMILES string of the molecule is O=S(=O)(c1ccc(F)cc1)N1CC2(C1)OCc1nc(C3CCCCC3)ncc12. The first kappa shape index (κ1) is 18.1. The summed E-state index contributed by atoms with van der Waals surface area (Å²) >= 11 is 0. The smallest absolute Gasteiger partial charge is 0.243 e. The minimum atomic E-state index is -3.66. The van der Waals surface area contributed by atoms with Crippen LogP contribution in [0, 0.1) is 5.82 Å². The number of ether oxygens (including phenoxy) is 1. The van der Waals surface area contributed by atoms with Gasteiger partial charge < -0.3 is 4.74 Å². The molecule has 1 saturated carbocycles. The summed E-state index contributed by atoms with van der Waals surface area (Å²) in [5.74, 6) is 0.861. The minimum absolute atomic E-state index is 0.0888. The van der Waals surface area contributed by atoms with E-state index >= 15 is 0 Å². The Morgan fingerprint density at radius 1 is 1.11 bits per heavy atom. The van der Waals surface area contributed by atoms with Crippen molar-refractivity contribution >= 4 is 10.0 Å². The lowest BCUT2D eigenvalue weighted by Crippen LogP contribution is -2.61. The van der Waals surface area contributed by atoms with Gasteiger partial charge in [-0.25, -0.2) is 22.8 Å². The Bertz CT molecular complexity index is 998. The summed E-state index contributed by atoms with van der Waals surface area (Å²) in [4.78, 5) is 9.46. The fourth-order valence-electron chi connectivity index (χ4n) is 4.48. The molecule has 3 aliphatic rings. The summed E-state index contributed by atoms with van der Waals surface area (Å²) in [6.07, 6.45) is 7.83. The number of nitrogens with zero attached hydrogens (tertiary/aromatic N) is 3. The maximum atomic E-state index is 13.1. The van der Waals surface area contributed by atoms with Crippen molar-refractivity contribution in [2.24, 2.45) is 0 Å². The van der Waals surface area contributed by atoms with Gasteiger partial charge in [0.2, 0.25) is 10.0 Å². The molecule has 1 spiro atoms. The predicted octanol–water partition coefficient (Wildman–Crippen LogP) is 3.09. The van der Waals surface area contributed by atoms with Gasteiger partial charge in [0.25, 0.3) is 0 Å². The van der Waals surface area contributed by atoms with Gasteiger partial charge in [0, 0.05) is 30.8 Å². The van der Waals surface area contributed by atoms with E-state index in [-0.39, 0.29) is 18.0 Å². The van der Waals surface area contributed by atoms with Crippen molar-refractivity contribution in [3.05, 3.63) is 53.4 Å². The molecule has 8 heteroatoms. The molecule has 0 radical (unpaired) electrons. The second-order valence-corrected chi connectivity index (χ2v) is 9.87. The number of fused-ring (bicyclic) bond motifs is 2. The Morgan fingerprint density at radius 3 is 2.54 bits per heavy atom. The molecule has 1 saturated heterocycles. The highest BCUT2D eigenvalue weighted by Crippen LogP contribution is 2.45. The van der Waals surface area contributed by atoms with Gasteiger partial charge in [-0.05, 0) is 37.1 Å². The standard InChI is InChI=1S/C20H22FN3O3S/c21-15-6-8-16(9-7-15)28(25,26)24-12-20(13-24)17-10-22-19(23-18(17)11-27-20)14-4-2-1-3-5-14/h6-10,14H,1-5,11-13H2. The van der Waals surface area contributed by atoms with Crippen LogP contribution in [0.5, 0.6) is 0 Å². The van der Waals surface area contributed by atoms with Crippen LogP contribution in [0.25, 0.3) is 0 Å². The van der Waals surface area contributed by atoms with E-state index in [9.17, 15) is 12.8 Å². The number of hydrogen-bond acceptors (Lipinski definition) is 5. The Labute approximate surface area is 163 Å². The summed E-state index contributed by atoms with van der Waals surface area (Å²) in [6, 6.07) is 4.90. The first-order valence-corrected chi connectivity index (χ1v) is 11.2. The normalized spacial score (nSPS) is 22.2. The molecule has 28 heavy (non-hydrogen) atoms. The molecule has 0 amide bonds. The minimum Gasteiger partial charge on any atom is -0.361 e. The molecule has 1 aliphatic carbocycles. The molecule has 3 heterocycles. The summed E-state index contributed by atoms with van der Waals surface area (Å²) in [7, 11) is -3.66. The van der Waals surface area contributed by atoms with E-state index in [0.29, 0.717) is 12.5 Å². The largest absolute Gasteiger partial charge is 0.361 e. The van der Waals surface area contributed by atoms with Crippen LogP contribution in [0.2, 0.25) is 0 Å². The Balaban J connectivity index is 1.35. The lowest BCUT2D eigenvalue weighted by molar-refractivity contribution is -0.112. The molecule has 148 valence electrons. The Hall–Kier alpha value is -1.90. The van der Waals surface area contributed by atoms with Gasteiger partial charge >= 0.3 is 0 Å². The van der Waals surface area contributed by atoms with Crippen LogP contribution in [0.3, 0.4) is 0 Å². The summed E-state index contributed by atoms with van der Waals surface area (Å²) in [5, 5.41) is 0. The first-order chi connectivity index (χ1) is 13.5. The fraction of sp³-hybridized carbons (Fsp3) is 0.500. The van der Waals surface area contributed by atoms with Crippen LogP contribution in [-0.4, -0.2) is 35.8 Å². The summed E-state index contributed by atoms with van der Waals surface area (Å²) < 4.78 is 46.0. The van der Waals surface area contributed by atoms with Gasteiger partial charge in [-0.1, -0.05) is 19.3 Å². The van der Waals surface area contributed by atoms with Crippen molar-refractivity contribution in [1.29, 1.82) is 0 Å². The Kier molecular flexibility index (Phi) is 4.26. The van der Waals surface area contributed by atoms with Crippen molar-refractivity contribution in [2.75, 3.05) is 13.1 Å². The average Bonchev–Trinajstić information content (AvgIpc) is 3.07. The third-order valence-corrected chi connectivity index (χ3v) is 7.95. The molecular formula is C20H22FN3O3S. The Morgan fingerprint density at radius 2 is 1.82 bits per heavy atom. The highest BCUT2D eigenvalue weighted by atomic mass is 32.2. The van der Waals surface area contributed by atoms with E-state index in [4.69, 9.17) is 9.72 Å². The monoisotopic (exact) mass is 403 g/mol. The lowest BCUT2D eigenvalue weighted by Gasteiger charge is -2.46. The van der Waals surface area contributed by atoms with Gasteiger partial charge in [0.1, 0.15) is 17.2 Å². The van der Waals surface area contributed by atoms with Crippen molar-refractivity contribution in [3.8, 4) is 0 Å². The highest BCUT2D eigenvalue weighted by molar-refractivity contribution is 7.89. The van der Waals surface area contributed by atoms with Crippen molar-refractivity contribution in [1.82, 2.24) is 14.3 Å². The molecule has 6 nitrogen and oxygen atoms in total. The molecule has 5 rings (SSSR count). The van der Waals surface area contributed by atoms with Crippen molar-refractivity contribution in [2.45, 2.75) is 55.1 Å². The van der Waals surface area contributed by atoms with Crippen LogP contribution in [0.15, 0.2) is 35.4 Å². The second-order valence-electron chi connectivity index (χ2n) is 7.93. The number of halogens is 1. The first-order valence-electron chi connectivity index (χ1n) is 9.74. The topological polar surface area (TPSA) is 72.4 Å². The van der Waals surface area contributed by atoms with Crippen molar-refractivity contribution in [3.63, 3.8) is 0 Å². The molecule has 2 fully saturated rings. The predicted molar refractivity (Wildman–Crippen MR) is 99.5 cm³/mol. The molecular weight excluding hydrogens is 381 g/mol. The molecule has 1 aromatic heterocycles. The van der Waals surface area contributed by atoms with E-state index in [1.807, 2.05) is 6.20 Å². The zero-order valence-corrected chi connectivity index (χ0v) is 16.3. The number of benzene rings is 1. The summed E-state index contributed by atoms with van der Waals surface area (Å²) in [6.45, 7) is 0.847. The van der Waals surface area contributed by atoms with Gasteiger partial charge in [-0.2, -0.15) is 4.31 Å². The second kappa shape index (κ2) is 6.57. The zero-order chi connectivity index (χ0) is 19.4. The van der Waals surface area contributed by atoms with Crippen molar-refractivity contribution < 1.29 is 17.5 Å². The van der Waals surface area contributed by atoms with Crippen LogP contribution in [0.1, 0.15) is 55.1 Å². The molecule has 0 atom stereocenters. The van der Waals surface area contributed by atoms with E-state index < -0.39 is 21.4 Å². The number of sulfonamides is 1. The van der Waals surface area contributed by atoms with Gasteiger partial charge in [0.05, 0.1) is 17.2 Å².